The molecule has 0 spiro atoms. The number of carbonyl (C=O) groups is 1. The molecule has 2 aromatic carbocycles. The van der Waals surface area contributed by atoms with Crippen LogP contribution < -0.4 is 19.1 Å². The smallest absolute Gasteiger partial charge is 0.267 e. The van der Waals surface area contributed by atoms with Crippen LogP contribution in [0.2, 0.25) is 0 Å². The van der Waals surface area contributed by atoms with Gasteiger partial charge in [0.25, 0.3) is 15.9 Å². The number of sulfonamides is 1. The molecule has 7 nitrogen and oxygen atoms in total. The summed E-state index contributed by atoms with van der Waals surface area (Å²) in [5.74, 6) is 0.344. The molecule has 0 fully saturated rings. The van der Waals surface area contributed by atoms with Gasteiger partial charge < -0.3 is 14.8 Å². The highest BCUT2D eigenvalue weighted by molar-refractivity contribution is 7.92. The maximum Gasteiger partial charge on any atom is 0.267 e. The zero-order chi connectivity index (χ0) is 19.3. The number of rotatable bonds is 7. The van der Waals surface area contributed by atoms with E-state index in [9.17, 15) is 13.2 Å². The van der Waals surface area contributed by atoms with Gasteiger partial charge in [-0.3, -0.25) is 9.10 Å². The molecule has 0 heterocycles. The van der Waals surface area contributed by atoms with E-state index < -0.39 is 10.0 Å². The largest absolute Gasteiger partial charge is 0.497 e. The molecule has 0 aliphatic rings. The van der Waals surface area contributed by atoms with Gasteiger partial charge in [0.15, 0.2) is 0 Å². The monoisotopic (exact) mass is 378 g/mol. The number of anilines is 1. The van der Waals surface area contributed by atoms with Crippen molar-refractivity contribution >= 4 is 21.6 Å². The van der Waals surface area contributed by atoms with Crippen LogP contribution in [0.4, 0.5) is 5.69 Å². The maximum absolute atomic E-state index is 13.1. The second kappa shape index (κ2) is 8.09. The first-order chi connectivity index (χ1) is 12.3. The minimum absolute atomic E-state index is 0.0888. The van der Waals surface area contributed by atoms with Crippen LogP contribution >= 0.6 is 0 Å². The first kappa shape index (κ1) is 19.6. The molecule has 0 atom stereocenters. The van der Waals surface area contributed by atoms with Crippen molar-refractivity contribution in [1.29, 1.82) is 0 Å². The summed E-state index contributed by atoms with van der Waals surface area (Å²) in [6.45, 7) is 2.23. The second-order valence-corrected chi connectivity index (χ2v) is 7.34. The van der Waals surface area contributed by atoms with E-state index in [-0.39, 0.29) is 22.1 Å². The van der Waals surface area contributed by atoms with Crippen molar-refractivity contribution in [3.05, 3.63) is 48.0 Å². The molecule has 0 saturated carbocycles. The lowest BCUT2D eigenvalue weighted by Crippen LogP contribution is -2.28. The van der Waals surface area contributed by atoms with Gasteiger partial charge in [0.05, 0.1) is 19.9 Å². The van der Waals surface area contributed by atoms with Gasteiger partial charge in [0, 0.05) is 25.2 Å². The second-order valence-electron chi connectivity index (χ2n) is 5.40. The zero-order valence-corrected chi connectivity index (χ0v) is 16.0. The fraction of sp³-hybridized carbons (Fsp3) is 0.278. The number of nitrogens with zero attached hydrogens (tertiary/aromatic N) is 1. The summed E-state index contributed by atoms with van der Waals surface area (Å²) in [5, 5.41) is 2.65. The topological polar surface area (TPSA) is 84.9 Å². The summed E-state index contributed by atoms with van der Waals surface area (Å²) in [6, 6.07) is 11.0. The zero-order valence-electron chi connectivity index (χ0n) is 15.1. The van der Waals surface area contributed by atoms with Crippen LogP contribution in [0.5, 0.6) is 11.5 Å². The van der Waals surface area contributed by atoms with Gasteiger partial charge in [-0.2, -0.15) is 0 Å². The van der Waals surface area contributed by atoms with Gasteiger partial charge in [0.2, 0.25) is 0 Å². The third kappa shape index (κ3) is 3.91. The standard InChI is InChI=1S/C18H22N2O5S/c1-5-19-18(21)13-9-10-16(25-4)17(11-13)26(22,23)20(2)14-7-6-8-15(12-14)24-3/h6-12H,5H2,1-4H3,(H,19,21). The highest BCUT2D eigenvalue weighted by Gasteiger charge is 2.27. The molecule has 0 aliphatic carbocycles. The maximum atomic E-state index is 13.1. The SMILES string of the molecule is CCNC(=O)c1ccc(OC)c(S(=O)(=O)N(C)c2cccc(OC)c2)c1. The van der Waals surface area contributed by atoms with Crippen LogP contribution in [0.15, 0.2) is 47.4 Å². The number of carbonyl (C=O) groups excluding carboxylic acids is 1. The van der Waals surface area contributed by atoms with Crippen molar-refractivity contribution in [2.75, 3.05) is 32.1 Å². The van der Waals surface area contributed by atoms with E-state index in [1.807, 2.05) is 0 Å². The third-order valence-corrected chi connectivity index (χ3v) is 5.63. The van der Waals surface area contributed by atoms with Gasteiger partial charge in [-0.05, 0) is 37.3 Å². The van der Waals surface area contributed by atoms with Crippen molar-refractivity contribution < 1.29 is 22.7 Å². The van der Waals surface area contributed by atoms with Gasteiger partial charge in [0.1, 0.15) is 16.4 Å². The van der Waals surface area contributed by atoms with Gasteiger partial charge in [-0.15, -0.1) is 0 Å². The molecular formula is C18H22N2O5S. The Morgan fingerprint density at radius 1 is 1.12 bits per heavy atom. The Balaban J connectivity index is 2.52. The highest BCUT2D eigenvalue weighted by Crippen LogP contribution is 2.31. The molecule has 0 radical (unpaired) electrons. The number of benzene rings is 2. The van der Waals surface area contributed by atoms with E-state index in [4.69, 9.17) is 9.47 Å². The van der Waals surface area contributed by atoms with Gasteiger partial charge >= 0.3 is 0 Å². The predicted molar refractivity (Wildman–Crippen MR) is 99.6 cm³/mol. The van der Waals surface area contributed by atoms with Crippen LogP contribution in [0.1, 0.15) is 17.3 Å². The summed E-state index contributed by atoms with van der Waals surface area (Å²) in [6.07, 6.45) is 0. The van der Waals surface area contributed by atoms with Crippen LogP contribution in [0.3, 0.4) is 0 Å². The lowest BCUT2D eigenvalue weighted by Gasteiger charge is -2.21. The average Bonchev–Trinajstić information content (AvgIpc) is 2.66. The fourth-order valence-electron chi connectivity index (χ4n) is 2.37. The van der Waals surface area contributed by atoms with Crippen molar-refractivity contribution in [2.45, 2.75) is 11.8 Å². The summed E-state index contributed by atoms with van der Waals surface area (Å²) >= 11 is 0. The van der Waals surface area contributed by atoms with Crippen LogP contribution in [0, 0.1) is 0 Å². The summed E-state index contributed by atoms with van der Waals surface area (Å²) < 4.78 is 37.7. The van der Waals surface area contributed by atoms with Crippen molar-refractivity contribution in [2.24, 2.45) is 0 Å². The summed E-state index contributed by atoms with van der Waals surface area (Å²) in [7, 11) is 0.362. The van der Waals surface area contributed by atoms with E-state index >= 15 is 0 Å². The number of amides is 1. The van der Waals surface area contributed by atoms with E-state index in [1.54, 1.807) is 31.2 Å². The van der Waals surface area contributed by atoms with Gasteiger partial charge in [-0.25, -0.2) is 8.42 Å². The quantitative estimate of drug-likeness (QED) is 0.799. The lowest BCUT2D eigenvalue weighted by atomic mass is 10.2. The Kier molecular flexibility index (Phi) is 6.10. The minimum Gasteiger partial charge on any atom is -0.497 e. The Labute approximate surface area is 153 Å². The minimum atomic E-state index is -3.96. The Morgan fingerprint density at radius 2 is 1.85 bits per heavy atom. The van der Waals surface area contributed by atoms with E-state index in [2.05, 4.69) is 5.32 Å². The molecule has 26 heavy (non-hydrogen) atoms. The molecule has 2 rings (SSSR count). The first-order valence-corrected chi connectivity index (χ1v) is 9.38. The number of methoxy groups -OCH3 is 2. The number of hydrogen-bond acceptors (Lipinski definition) is 5. The van der Waals surface area contributed by atoms with E-state index in [1.165, 1.54) is 39.5 Å². The molecule has 0 aliphatic heterocycles. The normalized spacial score (nSPS) is 10.9. The number of nitrogens with one attached hydrogen (secondary N) is 1. The fourth-order valence-corrected chi connectivity index (χ4v) is 3.74. The predicted octanol–water partition coefficient (Wildman–Crippen LogP) is 2.28. The molecule has 0 unspecified atom stereocenters. The van der Waals surface area contributed by atoms with Crippen molar-refractivity contribution in [1.82, 2.24) is 5.32 Å². The Morgan fingerprint density at radius 3 is 2.46 bits per heavy atom. The van der Waals surface area contributed by atoms with Crippen LogP contribution in [0.25, 0.3) is 0 Å². The number of ether oxygens (including phenoxy) is 2. The average molecular weight is 378 g/mol. The molecular weight excluding hydrogens is 356 g/mol. The third-order valence-electron chi connectivity index (χ3n) is 3.82. The molecule has 0 aromatic heterocycles. The molecule has 8 heteroatoms. The van der Waals surface area contributed by atoms with E-state index in [0.29, 0.717) is 18.0 Å². The summed E-state index contributed by atoms with van der Waals surface area (Å²) in [4.78, 5) is 12.0. The number of hydrogen-bond donors (Lipinski definition) is 1. The Bertz CT molecular complexity index is 896. The van der Waals surface area contributed by atoms with Crippen LogP contribution in [-0.4, -0.2) is 42.1 Å². The first-order valence-electron chi connectivity index (χ1n) is 7.94. The highest BCUT2D eigenvalue weighted by atomic mass is 32.2. The van der Waals surface area contributed by atoms with Gasteiger partial charge in [-0.1, -0.05) is 6.07 Å². The van der Waals surface area contributed by atoms with Crippen molar-refractivity contribution in [3.63, 3.8) is 0 Å². The van der Waals surface area contributed by atoms with Crippen molar-refractivity contribution in [3.8, 4) is 11.5 Å². The molecule has 1 N–H and O–H groups in total. The molecule has 2 aromatic rings. The molecule has 140 valence electrons. The molecule has 0 saturated heterocycles. The molecule has 1 amide bonds. The molecule has 0 bridgehead atoms. The van der Waals surface area contributed by atoms with Crippen LogP contribution in [-0.2, 0) is 10.0 Å². The lowest BCUT2D eigenvalue weighted by molar-refractivity contribution is 0.0955. The Hall–Kier alpha value is -2.74. The van der Waals surface area contributed by atoms with E-state index in [0.717, 1.165) is 4.31 Å². The summed E-state index contributed by atoms with van der Waals surface area (Å²) in [5.41, 5.74) is 0.667.